The van der Waals surface area contributed by atoms with Crippen LogP contribution in [0, 0.1) is 11.6 Å². The van der Waals surface area contributed by atoms with Gasteiger partial charge in [0.25, 0.3) is 0 Å². The highest BCUT2D eigenvalue weighted by Gasteiger charge is 2.19. The molecule has 25 heavy (non-hydrogen) atoms. The van der Waals surface area contributed by atoms with E-state index in [-0.39, 0.29) is 6.54 Å². The van der Waals surface area contributed by atoms with E-state index in [0.717, 1.165) is 17.7 Å². The van der Waals surface area contributed by atoms with E-state index in [9.17, 15) is 17.2 Å². The molecule has 0 saturated heterocycles. The SMILES string of the molecule is O=S(=O)(NCc1ccc(-c2cccnc2)nc1)c1ccc(F)cc1F. The van der Waals surface area contributed by atoms with Crippen LogP contribution in [0.5, 0.6) is 0 Å². The molecule has 128 valence electrons. The van der Waals surface area contributed by atoms with Crippen molar-refractivity contribution in [2.75, 3.05) is 0 Å². The highest BCUT2D eigenvalue weighted by Crippen LogP contribution is 2.17. The van der Waals surface area contributed by atoms with Gasteiger partial charge < -0.3 is 0 Å². The molecule has 0 aliphatic carbocycles. The maximum Gasteiger partial charge on any atom is 0.243 e. The molecule has 8 heteroatoms. The van der Waals surface area contributed by atoms with Crippen molar-refractivity contribution in [2.24, 2.45) is 0 Å². The van der Waals surface area contributed by atoms with E-state index < -0.39 is 26.6 Å². The number of hydrogen-bond donors (Lipinski definition) is 1. The van der Waals surface area contributed by atoms with Crippen LogP contribution in [0.2, 0.25) is 0 Å². The summed E-state index contributed by atoms with van der Waals surface area (Å²) in [7, 11) is -4.10. The predicted octanol–water partition coefficient (Wildman–Crippen LogP) is 2.90. The number of benzene rings is 1. The first-order chi connectivity index (χ1) is 12.0. The van der Waals surface area contributed by atoms with Crippen molar-refractivity contribution in [3.05, 3.63) is 78.3 Å². The molecule has 5 nitrogen and oxygen atoms in total. The van der Waals surface area contributed by atoms with Gasteiger partial charge in [0.1, 0.15) is 16.5 Å². The lowest BCUT2D eigenvalue weighted by molar-refractivity contribution is 0.543. The van der Waals surface area contributed by atoms with Gasteiger partial charge in [0.05, 0.1) is 5.69 Å². The van der Waals surface area contributed by atoms with Crippen molar-refractivity contribution >= 4 is 10.0 Å². The molecule has 2 aromatic heterocycles. The predicted molar refractivity (Wildman–Crippen MR) is 87.9 cm³/mol. The molecular weight excluding hydrogens is 348 g/mol. The monoisotopic (exact) mass is 361 g/mol. The first-order valence-corrected chi connectivity index (χ1v) is 8.74. The second kappa shape index (κ2) is 7.04. The number of pyridine rings is 2. The Bertz CT molecular complexity index is 979. The van der Waals surface area contributed by atoms with Crippen LogP contribution in [0.1, 0.15) is 5.56 Å². The van der Waals surface area contributed by atoms with E-state index in [1.165, 1.54) is 6.20 Å². The van der Waals surface area contributed by atoms with Gasteiger partial charge in [0.2, 0.25) is 10.0 Å². The minimum absolute atomic E-state index is 0.0700. The third-order valence-electron chi connectivity index (χ3n) is 3.43. The summed E-state index contributed by atoms with van der Waals surface area (Å²) in [6.07, 6.45) is 4.84. The molecule has 0 aliphatic heterocycles. The molecule has 0 aliphatic rings. The minimum atomic E-state index is -4.10. The standard InChI is InChI=1S/C17H13F2N3O2S/c18-14-4-6-17(15(19)8-14)25(23,24)22-10-12-3-5-16(21-9-12)13-2-1-7-20-11-13/h1-9,11,22H,10H2. The number of halogens is 2. The largest absolute Gasteiger partial charge is 0.264 e. The Morgan fingerprint density at radius 1 is 1.04 bits per heavy atom. The number of sulfonamides is 1. The molecule has 0 radical (unpaired) electrons. The van der Waals surface area contributed by atoms with Crippen molar-refractivity contribution in [3.63, 3.8) is 0 Å². The van der Waals surface area contributed by atoms with Gasteiger partial charge in [-0.15, -0.1) is 0 Å². The lowest BCUT2D eigenvalue weighted by atomic mass is 10.1. The Balaban J connectivity index is 1.73. The van der Waals surface area contributed by atoms with Crippen LogP contribution in [0.25, 0.3) is 11.3 Å². The van der Waals surface area contributed by atoms with Gasteiger partial charge in [-0.05, 0) is 35.9 Å². The Morgan fingerprint density at radius 2 is 1.88 bits per heavy atom. The van der Waals surface area contributed by atoms with Gasteiger partial charge >= 0.3 is 0 Å². The van der Waals surface area contributed by atoms with Gasteiger partial charge in [-0.25, -0.2) is 21.9 Å². The molecule has 0 fully saturated rings. The van der Waals surface area contributed by atoms with Crippen LogP contribution in [0.15, 0.2) is 66.0 Å². The molecule has 0 spiro atoms. The van der Waals surface area contributed by atoms with Gasteiger partial charge in [-0.3, -0.25) is 9.97 Å². The fraction of sp³-hybridized carbons (Fsp3) is 0.0588. The first-order valence-electron chi connectivity index (χ1n) is 7.26. The van der Waals surface area contributed by atoms with Gasteiger partial charge in [-0.2, -0.15) is 0 Å². The zero-order chi connectivity index (χ0) is 17.9. The van der Waals surface area contributed by atoms with E-state index in [0.29, 0.717) is 17.3 Å². The molecular formula is C17H13F2N3O2S. The van der Waals surface area contributed by atoms with Crippen LogP contribution in [-0.4, -0.2) is 18.4 Å². The van der Waals surface area contributed by atoms with Gasteiger partial charge in [0, 0.05) is 36.8 Å². The summed E-state index contributed by atoms with van der Waals surface area (Å²) in [5.41, 5.74) is 2.13. The second-order valence-corrected chi connectivity index (χ2v) is 6.93. The maximum atomic E-state index is 13.6. The summed E-state index contributed by atoms with van der Waals surface area (Å²) in [4.78, 5) is 7.66. The van der Waals surface area contributed by atoms with Gasteiger partial charge in [0.15, 0.2) is 0 Å². The molecule has 0 bridgehead atoms. The van der Waals surface area contributed by atoms with Crippen LogP contribution in [-0.2, 0) is 16.6 Å². The number of hydrogen-bond acceptors (Lipinski definition) is 4. The summed E-state index contributed by atoms with van der Waals surface area (Å²) in [6, 6.07) is 9.39. The zero-order valence-corrected chi connectivity index (χ0v) is 13.7. The van der Waals surface area contributed by atoms with E-state index in [4.69, 9.17) is 0 Å². The molecule has 2 heterocycles. The highest BCUT2D eigenvalue weighted by molar-refractivity contribution is 7.89. The van der Waals surface area contributed by atoms with E-state index in [1.54, 1.807) is 30.6 Å². The fourth-order valence-corrected chi connectivity index (χ4v) is 3.24. The molecule has 3 rings (SSSR count). The zero-order valence-electron chi connectivity index (χ0n) is 12.9. The van der Waals surface area contributed by atoms with Crippen LogP contribution >= 0.6 is 0 Å². The average molecular weight is 361 g/mol. The Labute approximate surface area is 143 Å². The number of nitrogens with zero attached hydrogens (tertiary/aromatic N) is 2. The van der Waals surface area contributed by atoms with Crippen molar-refractivity contribution in [3.8, 4) is 11.3 Å². The Hall–Kier alpha value is -2.71. The van der Waals surface area contributed by atoms with Crippen molar-refractivity contribution in [1.29, 1.82) is 0 Å². The lowest BCUT2D eigenvalue weighted by Gasteiger charge is -2.08. The van der Waals surface area contributed by atoms with Crippen molar-refractivity contribution in [1.82, 2.24) is 14.7 Å². The maximum absolute atomic E-state index is 13.6. The molecule has 0 saturated carbocycles. The van der Waals surface area contributed by atoms with Crippen molar-refractivity contribution < 1.29 is 17.2 Å². The third-order valence-corrected chi connectivity index (χ3v) is 4.87. The van der Waals surface area contributed by atoms with E-state index in [2.05, 4.69) is 14.7 Å². The Kier molecular flexibility index (Phi) is 4.82. The summed E-state index contributed by atoms with van der Waals surface area (Å²) in [6.45, 7) is -0.0700. The molecule has 1 aromatic carbocycles. The number of aromatic nitrogens is 2. The van der Waals surface area contributed by atoms with Crippen LogP contribution < -0.4 is 4.72 Å². The van der Waals surface area contributed by atoms with E-state index >= 15 is 0 Å². The van der Waals surface area contributed by atoms with Crippen LogP contribution in [0.4, 0.5) is 8.78 Å². The highest BCUT2D eigenvalue weighted by atomic mass is 32.2. The topological polar surface area (TPSA) is 72.0 Å². The number of rotatable bonds is 5. The van der Waals surface area contributed by atoms with Crippen LogP contribution in [0.3, 0.4) is 0 Å². The summed E-state index contributed by atoms with van der Waals surface area (Å²) < 4.78 is 53.0. The summed E-state index contributed by atoms with van der Waals surface area (Å²) in [5.74, 6) is -1.98. The minimum Gasteiger partial charge on any atom is -0.264 e. The molecule has 3 aromatic rings. The second-order valence-electron chi connectivity index (χ2n) is 5.19. The molecule has 0 atom stereocenters. The molecule has 0 amide bonds. The smallest absolute Gasteiger partial charge is 0.243 e. The quantitative estimate of drug-likeness (QED) is 0.758. The summed E-state index contributed by atoms with van der Waals surface area (Å²) >= 11 is 0. The first kappa shape index (κ1) is 17.1. The molecule has 0 unspecified atom stereocenters. The average Bonchev–Trinajstić information content (AvgIpc) is 2.61. The lowest BCUT2D eigenvalue weighted by Crippen LogP contribution is -2.24. The van der Waals surface area contributed by atoms with Crippen molar-refractivity contribution in [2.45, 2.75) is 11.4 Å². The fourth-order valence-electron chi connectivity index (χ4n) is 2.16. The molecule has 1 N–H and O–H groups in total. The Morgan fingerprint density at radius 3 is 2.52 bits per heavy atom. The summed E-state index contributed by atoms with van der Waals surface area (Å²) in [5, 5.41) is 0. The number of nitrogens with one attached hydrogen (secondary N) is 1. The normalized spacial score (nSPS) is 11.4. The van der Waals surface area contributed by atoms with Gasteiger partial charge in [-0.1, -0.05) is 6.07 Å². The van der Waals surface area contributed by atoms with E-state index in [1.807, 2.05) is 6.07 Å². The third kappa shape index (κ3) is 4.04.